The van der Waals surface area contributed by atoms with Gasteiger partial charge in [-0.15, -0.1) is 0 Å². The van der Waals surface area contributed by atoms with E-state index in [9.17, 15) is 19.5 Å². The predicted molar refractivity (Wildman–Crippen MR) is 170 cm³/mol. The van der Waals surface area contributed by atoms with E-state index in [-0.39, 0.29) is 31.3 Å². The monoisotopic (exact) mass is 594 g/mol. The van der Waals surface area contributed by atoms with Crippen LogP contribution in [0.5, 0.6) is 11.5 Å². The summed E-state index contributed by atoms with van der Waals surface area (Å²) in [5.74, 6) is -0.327. The van der Waals surface area contributed by atoms with Crippen LogP contribution in [0.2, 0.25) is 0 Å². The topological polar surface area (TPSA) is 105 Å². The first-order valence-electron chi connectivity index (χ1n) is 14.6. The molecule has 4 aromatic rings. The maximum atomic E-state index is 14.1. The van der Waals surface area contributed by atoms with Crippen LogP contribution >= 0.6 is 0 Å². The van der Waals surface area contributed by atoms with Gasteiger partial charge in [0.2, 0.25) is 0 Å². The number of aliphatic carboxylic acids is 1. The lowest BCUT2D eigenvalue weighted by Gasteiger charge is -2.24. The maximum absolute atomic E-state index is 14.1. The maximum Gasteiger partial charge on any atom is 0.305 e. The second kappa shape index (κ2) is 15.4. The molecular weight excluding hydrogens is 556 g/mol. The summed E-state index contributed by atoms with van der Waals surface area (Å²) in [4.78, 5) is 40.5. The molecule has 0 unspecified atom stereocenters. The standard InChI is InChI=1S/C36H38N2O6/c1-4-44-33-23-26(17-18-32(33)43-3)19-21-38(22-20-34(39)40)36(42)31-16-10-8-14-29(31)28-13-7-9-15-30(28)35(41)37-24-27-12-6-5-11-25(27)2/h5-18,23H,4,19-22,24H2,1-3H3,(H,37,41)(H,39,40). The van der Waals surface area contributed by atoms with Crippen molar-refractivity contribution in [1.29, 1.82) is 0 Å². The van der Waals surface area contributed by atoms with E-state index in [1.807, 2.05) is 80.6 Å². The highest BCUT2D eigenvalue weighted by Crippen LogP contribution is 2.30. The number of carboxylic acids is 1. The highest BCUT2D eigenvalue weighted by molar-refractivity contribution is 6.06. The Kier molecular flexibility index (Phi) is 11.1. The molecule has 0 aliphatic carbocycles. The van der Waals surface area contributed by atoms with Crippen LogP contribution in [-0.4, -0.2) is 54.6 Å². The fourth-order valence-corrected chi connectivity index (χ4v) is 5.02. The molecule has 0 saturated carbocycles. The normalized spacial score (nSPS) is 10.6. The zero-order chi connectivity index (χ0) is 31.5. The largest absolute Gasteiger partial charge is 0.493 e. The zero-order valence-corrected chi connectivity index (χ0v) is 25.3. The number of nitrogens with zero attached hydrogens (tertiary/aromatic N) is 1. The lowest BCUT2D eigenvalue weighted by atomic mass is 9.94. The molecule has 8 heteroatoms. The minimum Gasteiger partial charge on any atom is -0.493 e. The number of hydrogen-bond acceptors (Lipinski definition) is 5. The molecule has 0 radical (unpaired) electrons. The van der Waals surface area contributed by atoms with Gasteiger partial charge in [0, 0.05) is 30.8 Å². The fourth-order valence-electron chi connectivity index (χ4n) is 5.02. The van der Waals surface area contributed by atoms with Crippen LogP contribution in [0.1, 0.15) is 50.8 Å². The average molecular weight is 595 g/mol. The fraction of sp³-hybridized carbons (Fsp3) is 0.250. The van der Waals surface area contributed by atoms with Crippen molar-refractivity contribution in [3.8, 4) is 22.6 Å². The number of benzene rings is 4. The Labute approximate surface area is 258 Å². The lowest BCUT2D eigenvalue weighted by molar-refractivity contribution is -0.137. The average Bonchev–Trinajstić information content (AvgIpc) is 3.04. The van der Waals surface area contributed by atoms with Crippen molar-refractivity contribution >= 4 is 17.8 Å². The summed E-state index contributed by atoms with van der Waals surface area (Å²) in [7, 11) is 1.58. The number of rotatable bonds is 14. The second-order valence-corrected chi connectivity index (χ2v) is 10.3. The van der Waals surface area contributed by atoms with Gasteiger partial charge in [-0.1, -0.05) is 66.7 Å². The number of amides is 2. The zero-order valence-electron chi connectivity index (χ0n) is 25.3. The SMILES string of the molecule is CCOc1cc(CCN(CCC(=O)O)C(=O)c2ccccc2-c2ccccc2C(=O)NCc2ccccc2C)ccc1OC. The molecule has 4 rings (SSSR count). The highest BCUT2D eigenvalue weighted by atomic mass is 16.5. The Bertz CT molecular complexity index is 1620. The van der Waals surface area contributed by atoms with Gasteiger partial charge in [-0.25, -0.2) is 0 Å². The number of nitrogens with one attached hydrogen (secondary N) is 1. The third-order valence-corrected chi connectivity index (χ3v) is 7.40. The smallest absolute Gasteiger partial charge is 0.305 e. The van der Waals surface area contributed by atoms with Gasteiger partial charge >= 0.3 is 5.97 Å². The summed E-state index contributed by atoms with van der Waals surface area (Å²) < 4.78 is 11.1. The van der Waals surface area contributed by atoms with Crippen LogP contribution in [0.3, 0.4) is 0 Å². The third kappa shape index (κ3) is 8.04. The summed E-state index contributed by atoms with van der Waals surface area (Å²) in [6, 6.07) is 27.8. The Morgan fingerprint density at radius 3 is 2.16 bits per heavy atom. The van der Waals surface area contributed by atoms with Crippen molar-refractivity contribution in [3.63, 3.8) is 0 Å². The highest BCUT2D eigenvalue weighted by Gasteiger charge is 2.23. The van der Waals surface area contributed by atoms with Crippen molar-refractivity contribution in [3.05, 3.63) is 119 Å². The second-order valence-electron chi connectivity index (χ2n) is 10.3. The first kappa shape index (κ1) is 31.8. The first-order chi connectivity index (χ1) is 21.3. The minimum absolute atomic E-state index is 0.0372. The molecule has 0 heterocycles. The van der Waals surface area contributed by atoms with E-state index in [2.05, 4.69) is 5.32 Å². The molecule has 0 aliphatic rings. The molecular formula is C36H38N2O6. The van der Waals surface area contributed by atoms with Gasteiger partial charge in [0.25, 0.3) is 11.8 Å². The summed E-state index contributed by atoms with van der Waals surface area (Å²) in [6.45, 7) is 5.07. The van der Waals surface area contributed by atoms with Crippen molar-refractivity contribution in [2.75, 3.05) is 26.8 Å². The summed E-state index contributed by atoms with van der Waals surface area (Å²) in [6.07, 6.45) is 0.286. The van der Waals surface area contributed by atoms with Crippen LogP contribution < -0.4 is 14.8 Å². The molecule has 0 saturated heterocycles. The molecule has 0 aliphatic heterocycles. The number of aryl methyl sites for hydroxylation is 1. The quantitative estimate of drug-likeness (QED) is 0.181. The van der Waals surface area contributed by atoms with Crippen molar-refractivity contribution in [1.82, 2.24) is 10.2 Å². The summed E-state index contributed by atoms with van der Waals surface area (Å²) >= 11 is 0. The number of hydrogen-bond donors (Lipinski definition) is 2. The van der Waals surface area contributed by atoms with Gasteiger partial charge in [-0.2, -0.15) is 0 Å². The van der Waals surface area contributed by atoms with E-state index in [1.54, 1.807) is 36.3 Å². The Morgan fingerprint density at radius 1 is 0.818 bits per heavy atom. The first-order valence-corrected chi connectivity index (χ1v) is 14.6. The third-order valence-electron chi connectivity index (χ3n) is 7.40. The number of carboxylic acid groups (broad SMARTS) is 1. The van der Waals surface area contributed by atoms with Crippen LogP contribution in [0.15, 0.2) is 91.0 Å². The number of methoxy groups -OCH3 is 1. The van der Waals surface area contributed by atoms with Gasteiger partial charge in [0.1, 0.15) is 0 Å². The molecule has 2 amide bonds. The minimum atomic E-state index is -0.991. The van der Waals surface area contributed by atoms with Crippen LogP contribution in [0, 0.1) is 6.92 Å². The predicted octanol–water partition coefficient (Wildman–Crippen LogP) is 6.16. The van der Waals surface area contributed by atoms with Crippen molar-refractivity contribution < 1.29 is 29.0 Å². The van der Waals surface area contributed by atoms with E-state index < -0.39 is 5.97 Å². The van der Waals surface area contributed by atoms with E-state index in [4.69, 9.17) is 9.47 Å². The molecule has 8 nitrogen and oxygen atoms in total. The van der Waals surface area contributed by atoms with Gasteiger partial charge in [0.15, 0.2) is 11.5 Å². The number of ether oxygens (including phenoxy) is 2. The van der Waals surface area contributed by atoms with Crippen LogP contribution in [0.4, 0.5) is 0 Å². The Balaban J connectivity index is 1.60. The number of carbonyl (C=O) groups is 3. The van der Waals surface area contributed by atoms with Crippen molar-refractivity contribution in [2.24, 2.45) is 0 Å². The molecule has 228 valence electrons. The Morgan fingerprint density at radius 2 is 1.48 bits per heavy atom. The molecule has 0 atom stereocenters. The summed E-state index contributed by atoms with van der Waals surface area (Å²) in [5, 5.41) is 12.4. The van der Waals surface area contributed by atoms with E-state index in [0.29, 0.717) is 53.3 Å². The molecule has 0 bridgehead atoms. The number of carbonyl (C=O) groups excluding carboxylic acids is 2. The molecule has 0 fully saturated rings. The van der Waals surface area contributed by atoms with Gasteiger partial charge in [0.05, 0.1) is 20.1 Å². The molecule has 2 N–H and O–H groups in total. The van der Waals surface area contributed by atoms with Crippen LogP contribution in [-0.2, 0) is 17.8 Å². The molecule has 44 heavy (non-hydrogen) atoms. The van der Waals surface area contributed by atoms with Crippen LogP contribution in [0.25, 0.3) is 11.1 Å². The van der Waals surface area contributed by atoms with E-state index >= 15 is 0 Å². The van der Waals surface area contributed by atoms with E-state index in [0.717, 1.165) is 16.7 Å². The van der Waals surface area contributed by atoms with Gasteiger partial charge in [-0.3, -0.25) is 14.4 Å². The van der Waals surface area contributed by atoms with E-state index in [1.165, 1.54) is 0 Å². The van der Waals surface area contributed by atoms with Crippen molar-refractivity contribution in [2.45, 2.75) is 33.2 Å². The molecule has 4 aromatic carbocycles. The lowest BCUT2D eigenvalue weighted by Crippen LogP contribution is -2.35. The Hall–Kier alpha value is -5.11. The molecule has 0 spiro atoms. The van der Waals surface area contributed by atoms with Gasteiger partial charge < -0.3 is 24.8 Å². The summed E-state index contributed by atoms with van der Waals surface area (Å²) in [5.41, 5.74) is 5.08. The molecule has 0 aromatic heterocycles. The van der Waals surface area contributed by atoms with Gasteiger partial charge in [-0.05, 0) is 72.4 Å².